The van der Waals surface area contributed by atoms with Gasteiger partial charge in [0.15, 0.2) is 0 Å². The third-order valence-electron chi connectivity index (χ3n) is 4.63. The zero-order valence-corrected chi connectivity index (χ0v) is 13.8. The maximum absolute atomic E-state index is 5.88. The minimum atomic E-state index is 0.452. The standard InChI is InChI=1S/C17H30N2O/c1-13-14(11-18-5)10-16(20-13)12-19-8-6-15(7-9-19)17(2,3)4/h10,15,18H,6-9,11-12H2,1-5H3. The average molecular weight is 278 g/mol. The van der Waals surface area contributed by atoms with E-state index in [-0.39, 0.29) is 0 Å². The summed E-state index contributed by atoms with van der Waals surface area (Å²) in [5.41, 5.74) is 1.74. The van der Waals surface area contributed by atoms with Crippen LogP contribution < -0.4 is 5.32 Å². The molecule has 3 heteroatoms. The molecule has 1 fully saturated rings. The Balaban J connectivity index is 1.88. The molecule has 0 atom stereocenters. The largest absolute Gasteiger partial charge is 0.465 e. The summed E-state index contributed by atoms with van der Waals surface area (Å²) in [4.78, 5) is 2.53. The number of likely N-dealkylation sites (tertiary alicyclic amines) is 1. The van der Waals surface area contributed by atoms with Crippen LogP contribution in [-0.2, 0) is 13.1 Å². The van der Waals surface area contributed by atoms with Crippen LogP contribution in [0.1, 0.15) is 50.7 Å². The van der Waals surface area contributed by atoms with Crippen LogP contribution in [0.4, 0.5) is 0 Å². The smallest absolute Gasteiger partial charge is 0.118 e. The molecular weight excluding hydrogens is 248 g/mol. The first kappa shape index (κ1) is 15.6. The predicted molar refractivity (Wildman–Crippen MR) is 83.7 cm³/mol. The fourth-order valence-electron chi connectivity index (χ4n) is 3.21. The zero-order chi connectivity index (χ0) is 14.8. The highest BCUT2D eigenvalue weighted by Gasteiger charge is 2.28. The molecule has 1 saturated heterocycles. The van der Waals surface area contributed by atoms with Gasteiger partial charge in [-0.05, 0) is 57.3 Å². The number of hydrogen-bond donors (Lipinski definition) is 1. The molecule has 0 radical (unpaired) electrons. The molecule has 1 aromatic heterocycles. The van der Waals surface area contributed by atoms with Crippen molar-refractivity contribution in [1.29, 1.82) is 0 Å². The van der Waals surface area contributed by atoms with E-state index in [2.05, 4.69) is 44.0 Å². The molecule has 3 nitrogen and oxygen atoms in total. The molecule has 0 saturated carbocycles. The molecule has 1 aliphatic rings. The van der Waals surface area contributed by atoms with E-state index in [9.17, 15) is 0 Å². The topological polar surface area (TPSA) is 28.4 Å². The number of nitrogens with one attached hydrogen (secondary N) is 1. The Morgan fingerprint density at radius 3 is 2.50 bits per heavy atom. The first-order chi connectivity index (χ1) is 9.40. The monoisotopic (exact) mass is 278 g/mol. The summed E-state index contributed by atoms with van der Waals surface area (Å²) >= 11 is 0. The van der Waals surface area contributed by atoms with Crippen LogP contribution in [0.25, 0.3) is 0 Å². The van der Waals surface area contributed by atoms with Crippen molar-refractivity contribution < 1.29 is 4.42 Å². The van der Waals surface area contributed by atoms with Gasteiger partial charge >= 0.3 is 0 Å². The summed E-state index contributed by atoms with van der Waals surface area (Å²) in [6.07, 6.45) is 2.62. The summed E-state index contributed by atoms with van der Waals surface area (Å²) < 4.78 is 5.88. The lowest BCUT2D eigenvalue weighted by Gasteiger charge is -2.38. The van der Waals surface area contributed by atoms with E-state index in [0.717, 1.165) is 30.5 Å². The summed E-state index contributed by atoms with van der Waals surface area (Å²) in [5.74, 6) is 3.03. The van der Waals surface area contributed by atoms with Crippen LogP contribution in [0.2, 0.25) is 0 Å². The van der Waals surface area contributed by atoms with E-state index in [1.165, 1.54) is 31.5 Å². The van der Waals surface area contributed by atoms with Gasteiger partial charge in [0, 0.05) is 12.1 Å². The molecule has 0 amide bonds. The number of nitrogens with zero attached hydrogens (tertiary/aromatic N) is 1. The molecule has 114 valence electrons. The molecule has 20 heavy (non-hydrogen) atoms. The van der Waals surface area contributed by atoms with Gasteiger partial charge < -0.3 is 9.73 Å². The van der Waals surface area contributed by atoms with E-state index < -0.39 is 0 Å². The van der Waals surface area contributed by atoms with Crippen LogP contribution in [0.5, 0.6) is 0 Å². The van der Waals surface area contributed by atoms with Crippen molar-refractivity contribution in [3.63, 3.8) is 0 Å². The van der Waals surface area contributed by atoms with Crippen LogP contribution in [-0.4, -0.2) is 25.0 Å². The number of furan rings is 1. The fourth-order valence-corrected chi connectivity index (χ4v) is 3.21. The van der Waals surface area contributed by atoms with Crippen molar-refractivity contribution in [1.82, 2.24) is 10.2 Å². The van der Waals surface area contributed by atoms with Crippen molar-refractivity contribution in [2.24, 2.45) is 11.3 Å². The Labute approximate surface area is 123 Å². The molecule has 0 aliphatic carbocycles. The van der Waals surface area contributed by atoms with E-state index in [1.54, 1.807) is 0 Å². The number of hydrogen-bond acceptors (Lipinski definition) is 3. The van der Waals surface area contributed by atoms with Crippen LogP contribution >= 0.6 is 0 Å². The third-order valence-corrected chi connectivity index (χ3v) is 4.63. The summed E-state index contributed by atoms with van der Waals surface area (Å²) in [5, 5.41) is 3.19. The van der Waals surface area contributed by atoms with Crippen molar-refractivity contribution in [3.05, 3.63) is 23.2 Å². The van der Waals surface area contributed by atoms with Gasteiger partial charge in [-0.1, -0.05) is 20.8 Å². The molecular formula is C17H30N2O. The fraction of sp³-hybridized carbons (Fsp3) is 0.765. The van der Waals surface area contributed by atoms with Crippen LogP contribution in [0.15, 0.2) is 10.5 Å². The Morgan fingerprint density at radius 2 is 1.95 bits per heavy atom. The maximum atomic E-state index is 5.88. The number of piperidine rings is 1. The minimum absolute atomic E-state index is 0.452. The summed E-state index contributed by atoms with van der Waals surface area (Å²) in [6, 6.07) is 2.21. The van der Waals surface area contributed by atoms with Crippen molar-refractivity contribution in [2.75, 3.05) is 20.1 Å². The van der Waals surface area contributed by atoms with Crippen LogP contribution in [0.3, 0.4) is 0 Å². The number of aryl methyl sites for hydroxylation is 1. The van der Waals surface area contributed by atoms with E-state index in [0.29, 0.717) is 5.41 Å². The van der Waals surface area contributed by atoms with Crippen molar-refractivity contribution >= 4 is 0 Å². The van der Waals surface area contributed by atoms with E-state index in [4.69, 9.17) is 4.42 Å². The molecule has 2 rings (SSSR count). The molecule has 0 aromatic carbocycles. The maximum Gasteiger partial charge on any atom is 0.118 e. The lowest BCUT2D eigenvalue weighted by atomic mass is 9.75. The summed E-state index contributed by atoms with van der Waals surface area (Å²) in [6.45, 7) is 13.4. The van der Waals surface area contributed by atoms with Gasteiger partial charge in [-0.15, -0.1) is 0 Å². The van der Waals surface area contributed by atoms with Crippen LogP contribution in [0, 0.1) is 18.3 Å². The van der Waals surface area contributed by atoms with Crippen molar-refractivity contribution in [3.8, 4) is 0 Å². The van der Waals surface area contributed by atoms with Gasteiger partial charge in [-0.2, -0.15) is 0 Å². The normalized spacial score (nSPS) is 18.6. The third kappa shape index (κ3) is 3.86. The lowest BCUT2D eigenvalue weighted by molar-refractivity contribution is 0.103. The highest BCUT2D eigenvalue weighted by Crippen LogP contribution is 2.34. The molecule has 1 aromatic rings. The molecule has 0 spiro atoms. The van der Waals surface area contributed by atoms with Gasteiger partial charge in [0.1, 0.15) is 11.5 Å². The summed E-state index contributed by atoms with van der Waals surface area (Å²) in [7, 11) is 1.98. The first-order valence-electron chi connectivity index (χ1n) is 7.85. The Bertz CT molecular complexity index is 423. The zero-order valence-electron chi connectivity index (χ0n) is 13.8. The molecule has 2 heterocycles. The Kier molecular flexibility index (Phi) is 4.92. The Morgan fingerprint density at radius 1 is 1.30 bits per heavy atom. The van der Waals surface area contributed by atoms with E-state index >= 15 is 0 Å². The molecule has 0 unspecified atom stereocenters. The number of rotatable bonds is 4. The highest BCUT2D eigenvalue weighted by molar-refractivity contribution is 5.20. The molecule has 1 N–H and O–H groups in total. The molecule has 1 aliphatic heterocycles. The highest BCUT2D eigenvalue weighted by atomic mass is 16.3. The van der Waals surface area contributed by atoms with Gasteiger partial charge in [0.2, 0.25) is 0 Å². The molecule has 0 bridgehead atoms. The van der Waals surface area contributed by atoms with E-state index in [1.807, 2.05) is 7.05 Å². The second-order valence-corrected chi connectivity index (χ2v) is 7.24. The van der Waals surface area contributed by atoms with Gasteiger partial charge in [0.25, 0.3) is 0 Å². The predicted octanol–water partition coefficient (Wildman–Crippen LogP) is 3.57. The Hall–Kier alpha value is -0.800. The quantitative estimate of drug-likeness (QED) is 0.912. The minimum Gasteiger partial charge on any atom is -0.465 e. The second-order valence-electron chi connectivity index (χ2n) is 7.24. The lowest BCUT2D eigenvalue weighted by Crippen LogP contribution is -2.37. The van der Waals surface area contributed by atoms with Gasteiger partial charge in [-0.3, -0.25) is 4.90 Å². The van der Waals surface area contributed by atoms with Gasteiger partial charge in [-0.25, -0.2) is 0 Å². The SMILES string of the molecule is CNCc1cc(CN2CCC(C(C)(C)C)CC2)oc1C. The first-order valence-corrected chi connectivity index (χ1v) is 7.85. The average Bonchev–Trinajstić information content (AvgIpc) is 2.70. The van der Waals surface area contributed by atoms with Gasteiger partial charge in [0.05, 0.1) is 6.54 Å². The van der Waals surface area contributed by atoms with Crippen molar-refractivity contribution in [2.45, 2.75) is 53.6 Å². The second kappa shape index (κ2) is 6.31.